The molecule has 0 aliphatic carbocycles. The average Bonchev–Trinajstić information content (AvgIpc) is 3.29. The highest BCUT2D eigenvalue weighted by Crippen LogP contribution is 2.26. The van der Waals surface area contributed by atoms with Crippen LogP contribution < -0.4 is 5.32 Å². The molecule has 8 heteroatoms. The molecule has 2 saturated heterocycles. The van der Waals surface area contributed by atoms with E-state index < -0.39 is 12.7 Å². The minimum atomic E-state index is -4.13. The second-order valence-electron chi connectivity index (χ2n) is 7.50. The lowest BCUT2D eigenvalue weighted by atomic mass is 10.2. The van der Waals surface area contributed by atoms with Gasteiger partial charge in [-0.2, -0.15) is 13.2 Å². The molecule has 0 saturated carbocycles. The summed E-state index contributed by atoms with van der Waals surface area (Å²) in [6.07, 6.45) is -2.29. The third-order valence-corrected chi connectivity index (χ3v) is 6.37. The molecule has 0 radical (unpaired) electrons. The van der Waals surface area contributed by atoms with Crippen molar-refractivity contribution in [2.75, 3.05) is 45.0 Å². The van der Waals surface area contributed by atoms with Crippen molar-refractivity contribution in [2.24, 2.45) is 10.9 Å². The lowest BCUT2D eigenvalue weighted by Gasteiger charge is -2.25. The van der Waals surface area contributed by atoms with Crippen molar-refractivity contribution >= 4 is 17.7 Å². The molecule has 1 N–H and O–H groups in total. The number of aliphatic imine (C=N–C) groups is 1. The molecular formula is C20H29F3N4S. The van der Waals surface area contributed by atoms with Crippen LogP contribution in [0.4, 0.5) is 13.2 Å². The number of hydrogen-bond acceptors (Lipinski definition) is 3. The molecule has 4 nitrogen and oxygen atoms in total. The Morgan fingerprint density at radius 1 is 1.18 bits per heavy atom. The number of benzene rings is 1. The molecule has 2 aliphatic rings. The predicted molar refractivity (Wildman–Crippen MR) is 109 cm³/mol. The van der Waals surface area contributed by atoms with E-state index in [4.69, 9.17) is 0 Å². The first-order valence-electron chi connectivity index (χ1n) is 9.96. The highest BCUT2D eigenvalue weighted by Gasteiger charge is 2.35. The van der Waals surface area contributed by atoms with Gasteiger partial charge in [-0.1, -0.05) is 18.2 Å². The van der Waals surface area contributed by atoms with Gasteiger partial charge in [0.25, 0.3) is 0 Å². The molecule has 2 unspecified atom stereocenters. The van der Waals surface area contributed by atoms with Gasteiger partial charge in [-0.15, -0.1) is 11.8 Å². The van der Waals surface area contributed by atoms with Crippen LogP contribution in [0.5, 0.6) is 0 Å². The molecule has 1 aromatic carbocycles. The van der Waals surface area contributed by atoms with Crippen molar-refractivity contribution < 1.29 is 13.2 Å². The Morgan fingerprint density at radius 2 is 1.96 bits per heavy atom. The molecule has 0 bridgehead atoms. The van der Waals surface area contributed by atoms with Gasteiger partial charge in [-0.25, -0.2) is 0 Å². The zero-order chi connectivity index (χ0) is 20.0. The van der Waals surface area contributed by atoms with Crippen molar-refractivity contribution in [1.29, 1.82) is 0 Å². The number of hydrogen-bond donors (Lipinski definition) is 1. The van der Waals surface area contributed by atoms with E-state index in [1.165, 1.54) is 9.80 Å². The Hall–Kier alpha value is -1.41. The van der Waals surface area contributed by atoms with Crippen LogP contribution in [0.2, 0.25) is 0 Å². The maximum atomic E-state index is 12.6. The van der Waals surface area contributed by atoms with Crippen LogP contribution in [0.1, 0.15) is 19.8 Å². The van der Waals surface area contributed by atoms with Crippen LogP contribution in [0.3, 0.4) is 0 Å². The normalized spacial score (nSPS) is 24.1. The van der Waals surface area contributed by atoms with E-state index in [9.17, 15) is 13.2 Å². The number of likely N-dealkylation sites (tertiary alicyclic amines) is 2. The summed E-state index contributed by atoms with van der Waals surface area (Å²) in [4.78, 5) is 9.64. The SMILES string of the molecule is CCN=C(NC1CCN(CC(F)(F)F)C1)N1CCC(CSc2ccccc2)C1. The monoisotopic (exact) mass is 414 g/mol. The Morgan fingerprint density at radius 3 is 2.68 bits per heavy atom. The zero-order valence-corrected chi connectivity index (χ0v) is 17.1. The molecule has 1 aromatic rings. The van der Waals surface area contributed by atoms with Crippen molar-refractivity contribution in [3.05, 3.63) is 30.3 Å². The van der Waals surface area contributed by atoms with Gasteiger partial charge in [-0.05, 0) is 37.8 Å². The molecule has 0 spiro atoms. The minimum Gasteiger partial charge on any atom is -0.352 e. The highest BCUT2D eigenvalue weighted by atomic mass is 32.2. The number of nitrogens with one attached hydrogen (secondary N) is 1. The van der Waals surface area contributed by atoms with E-state index in [0.29, 0.717) is 25.6 Å². The van der Waals surface area contributed by atoms with E-state index in [2.05, 4.69) is 39.5 Å². The fourth-order valence-electron chi connectivity index (χ4n) is 3.81. The predicted octanol–water partition coefficient (Wildman–Crippen LogP) is 3.70. The van der Waals surface area contributed by atoms with Crippen LogP contribution >= 0.6 is 11.8 Å². The summed E-state index contributed by atoms with van der Waals surface area (Å²) in [5, 5.41) is 3.43. The molecule has 156 valence electrons. The smallest absolute Gasteiger partial charge is 0.352 e. The summed E-state index contributed by atoms with van der Waals surface area (Å²) in [6, 6.07) is 10.4. The molecular weight excluding hydrogens is 385 g/mol. The third kappa shape index (κ3) is 6.58. The van der Waals surface area contributed by atoms with Gasteiger partial charge in [0.15, 0.2) is 5.96 Å². The van der Waals surface area contributed by atoms with Crippen LogP contribution in [0, 0.1) is 5.92 Å². The maximum absolute atomic E-state index is 12.6. The van der Waals surface area contributed by atoms with E-state index in [1.54, 1.807) is 0 Å². The Kier molecular flexibility index (Phi) is 7.51. The van der Waals surface area contributed by atoms with Gasteiger partial charge in [-0.3, -0.25) is 9.89 Å². The van der Waals surface area contributed by atoms with Gasteiger partial charge >= 0.3 is 6.18 Å². The quantitative estimate of drug-likeness (QED) is 0.437. The van der Waals surface area contributed by atoms with Gasteiger partial charge in [0.1, 0.15) is 0 Å². The van der Waals surface area contributed by atoms with Gasteiger partial charge < -0.3 is 10.2 Å². The number of guanidine groups is 1. The lowest BCUT2D eigenvalue weighted by Crippen LogP contribution is -2.46. The molecule has 0 aromatic heterocycles. The summed E-state index contributed by atoms with van der Waals surface area (Å²) >= 11 is 1.88. The summed E-state index contributed by atoms with van der Waals surface area (Å²) < 4.78 is 37.8. The van der Waals surface area contributed by atoms with Crippen molar-refractivity contribution in [2.45, 2.75) is 36.9 Å². The maximum Gasteiger partial charge on any atom is 0.401 e. The molecule has 2 atom stereocenters. The van der Waals surface area contributed by atoms with E-state index in [1.807, 2.05) is 24.8 Å². The summed E-state index contributed by atoms with van der Waals surface area (Å²) in [5.74, 6) is 2.52. The van der Waals surface area contributed by atoms with Crippen LogP contribution in [0.25, 0.3) is 0 Å². The molecule has 28 heavy (non-hydrogen) atoms. The number of rotatable bonds is 6. The standard InChI is InChI=1S/C20H29F3N4S/c1-2-24-19(25-17-9-10-26(13-17)15-20(21,22)23)27-11-8-16(12-27)14-28-18-6-4-3-5-7-18/h3-7,16-17H,2,8-15H2,1H3,(H,24,25). The Bertz CT molecular complexity index is 638. The fraction of sp³-hybridized carbons (Fsp3) is 0.650. The lowest BCUT2D eigenvalue weighted by molar-refractivity contribution is -0.143. The molecule has 0 amide bonds. The van der Waals surface area contributed by atoms with Crippen LogP contribution in [0.15, 0.2) is 40.2 Å². The van der Waals surface area contributed by atoms with Gasteiger partial charge in [0.05, 0.1) is 6.54 Å². The summed E-state index contributed by atoms with van der Waals surface area (Å²) in [6.45, 7) is 4.63. The first-order valence-corrected chi connectivity index (χ1v) is 10.9. The minimum absolute atomic E-state index is 0.0328. The van der Waals surface area contributed by atoms with E-state index in [-0.39, 0.29) is 6.04 Å². The first kappa shape index (κ1) is 21.3. The Balaban J connectivity index is 1.47. The van der Waals surface area contributed by atoms with Crippen LogP contribution in [-0.2, 0) is 0 Å². The van der Waals surface area contributed by atoms with E-state index >= 15 is 0 Å². The number of alkyl halides is 3. The van der Waals surface area contributed by atoms with Crippen LogP contribution in [-0.4, -0.2) is 73.0 Å². The zero-order valence-electron chi connectivity index (χ0n) is 16.3. The van der Waals surface area contributed by atoms with Crippen molar-refractivity contribution in [3.63, 3.8) is 0 Å². The second kappa shape index (κ2) is 9.87. The highest BCUT2D eigenvalue weighted by molar-refractivity contribution is 7.99. The number of nitrogens with zero attached hydrogens (tertiary/aromatic N) is 3. The molecule has 2 heterocycles. The van der Waals surface area contributed by atoms with Gasteiger partial charge in [0.2, 0.25) is 0 Å². The third-order valence-electron chi connectivity index (χ3n) is 5.13. The molecule has 2 fully saturated rings. The Labute approximate surface area is 169 Å². The fourth-order valence-corrected chi connectivity index (χ4v) is 4.86. The topological polar surface area (TPSA) is 30.9 Å². The van der Waals surface area contributed by atoms with Gasteiger partial charge in [0, 0.05) is 49.4 Å². The number of halogens is 3. The number of thioether (sulfide) groups is 1. The molecule has 2 aliphatic heterocycles. The average molecular weight is 415 g/mol. The van der Waals surface area contributed by atoms with E-state index in [0.717, 1.165) is 37.6 Å². The molecule has 3 rings (SSSR count). The second-order valence-corrected chi connectivity index (χ2v) is 8.60. The van der Waals surface area contributed by atoms with Crippen molar-refractivity contribution in [1.82, 2.24) is 15.1 Å². The largest absolute Gasteiger partial charge is 0.401 e. The first-order chi connectivity index (χ1) is 13.4. The summed E-state index contributed by atoms with van der Waals surface area (Å²) in [5.41, 5.74) is 0. The summed E-state index contributed by atoms with van der Waals surface area (Å²) in [7, 11) is 0. The van der Waals surface area contributed by atoms with Crippen molar-refractivity contribution in [3.8, 4) is 0 Å².